The molecule has 4 rings (SSSR count). The van der Waals surface area contributed by atoms with Crippen LogP contribution in [-0.4, -0.2) is 37.0 Å². The lowest BCUT2D eigenvalue weighted by Gasteiger charge is -2.38. The van der Waals surface area contributed by atoms with E-state index >= 15 is 0 Å². The molecule has 25 heavy (non-hydrogen) atoms. The van der Waals surface area contributed by atoms with Crippen LogP contribution in [0.4, 0.5) is 10.1 Å². The highest BCUT2D eigenvalue weighted by Gasteiger charge is 2.53. The first kappa shape index (κ1) is 16.4. The summed E-state index contributed by atoms with van der Waals surface area (Å²) in [5, 5.41) is 0.686. The van der Waals surface area contributed by atoms with E-state index in [-0.39, 0.29) is 17.1 Å². The van der Waals surface area contributed by atoms with E-state index in [1.807, 2.05) is 40.1 Å². The highest BCUT2D eigenvalue weighted by atomic mass is 35.5. The van der Waals surface area contributed by atoms with Crippen molar-refractivity contribution in [2.45, 2.75) is 18.3 Å². The minimum atomic E-state index is -0.370. The Morgan fingerprint density at radius 1 is 0.960 bits per heavy atom. The van der Waals surface area contributed by atoms with Crippen LogP contribution in [0.3, 0.4) is 0 Å². The first-order valence-corrected chi connectivity index (χ1v) is 9.03. The third kappa shape index (κ3) is 2.99. The zero-order valence-electron chi connectivity index (χ0n) is 13.9. The van der Waals surface area contributed by atoms with E-state index in [0.29, 0.717) is 36.9 Å². The van der Waals surface area contributed by atoms with Gasteiger partial charge in [-0.15, -0.1) is 0 Å². The van der Waals surface area contributed by atoms with Crippen LogP contribution in [-0.2, 0) is 10.2 Å². The number of rotatable bonds is 3. The monoisotopic (exact) mass is 358 g/mol. The Hall–Kier alpha value is -2.07. The highest BCUT2D eigenvalue weighted by molar-refractivity contribution is 6.30. The van der Waals surface area contributed by atoms with E-state index in [1.165, 1.54) is 6.07 Å². The first-order valence-electron chi connectivity index (χ1n) is 8.65. The minimum absolute atomic E-state index is 0.197. The summed E-state index contributed by atoms with van der Waals surface area (Å²) < 4.78 is 14.0. The van der Waals surface area contributed by atoms with Gasteiger partial charge in [0.05, 0.1) is 11.1 Å². The van der Waals surface area contributed by atoms with Crippen LogP contribution in [0.5, 0.6) is 0 Å². The first-order chi connectivity index (χ1) is 12.1. The quantitative estimate of drug-likeness (QED) is 0.831. The molecule has 0 aromatic heterocycles. The average molecular weight is 359 g/mol. The predicted molar refractivity (Wildman–Crippen MR) is 97.6 cm³/mol. The van der Waals surface area contributed by atoms with Gasteiger partial charge < -0.3 is 9.80 Å². The highest BCUT2D eigenvalue weighted by Crippen LogP contribution is 2.50. The molecule has 0 unspecified atom stereocenters. The lowest BCUT2D eigenvalue weighted by molar-refractivity contribution is -0.134. The normalized spacial score (nSPS) is 19.0. The molecule has 1 amide bonds. The molecule has 2 aliphatic rings. The van der Waals surface area contributed by atoms with Gasteiger partial charge in [0.1, 0.15) is 5.82 Å². The van der Waals surface area contributed by atoms with Gasteiger partial charge in [-0.05, 0) is 42.7 Å². The molecule has 130 valence electrons. The summed E-state index contributed by atoms with van der Waals surface area (Å²) in [7, 11) is 0. The van der Waals surface area contributed by atoms with Gasteiger partial charge in [-0.25, -0.2) is 4.39 Å². The van der Waals surface area contributed by atoms with Crippen molar-refractivity contribution in [2.75, 3.05) is 31.1 Å². The van der Waals surface area contributed by atoms with Crippen LogP contribution in [0, 0.1) is 5.82 Å². The summed E-state index contributed by atoms with van der Waals surface area (Å²) in [6, 6.07) is 14.4. The fourth-order valence-electron chi connectivity index (χ4n) is 3.68. The second-order valence-electron chi connectivity index (χ2n) is 6.82. The molecule has 0 atom stereocenters. The minimum Gasteiger partial charge on any atom is -0.366 e. The Labute approximate surface area is 152 Å². The predicted octanol–water partition coefficient (Wildman–Crippen LogP) is 3.86. The van der Waals surface area contributed by atoms with Crippen LogP contribution in [0.1, 0.15) is 18.4 Å². The van der Waals surface area contributed by atoms with Crippen LogP contribution in [0.25, 0.3) is 0 Å². The number of piperazine rings is 1. The lowest BCUT2D eigenvalue weighted by Crippen LogP contribution is -2.51. The molecule has 1 heterocycles. The number of para-hydroxylation sites is 1. The maximum atomic E-state index is 14.0. The maximum absolute atomic E-state index is 14.0. The topological polar surface area (TPSA) is 23.6 Å². The zero-order chi connectivity index (χ0) is 17.4. The molecule has 0 spiro atoms. The molecule has 2 aromatic rings. The third-order valence-electron chi connectivity index (χ3n) is 5.32. The van der Waals surface area contributed by atoms with E-state index in [9.17, 15) is 9.18 Å². The number of nitrogens with zero attached hydrogens (tertiary/aromatic N) is 2. The summed E-state index contributed by atoms with van der Waals surface area (Å²) in [6.07, 6.45) is 1.78. The molecule has 3 nitrogen and oxygen atoms in total. The van der Waals surface area contributed by atoms with Gasteiger partial charge in [-0.3, -0.25) is 4.79 Å². The number of anilines is 1. The van der Waals surface area contributed by atoms with Crippen molar-refractivity contribution in [3.8, 4) is 0 Å². The molecule has 0 bridgehead atoms. The van der Waals surface area contributed by atoms with Crippen LogP contribution in [0.15, 0.2) is 48.5 Å². The standard InChI is InChI=1S/C20H20ClFN2O/c21-16-7-5-15(6-8-16)20(9-10-20)19(25)24-13-11-23(12-14-24)18-4-2-1-3-17(18)22/h1-8H,9-14H2. The summed E-state index contributed by atoms with van der Waals surface area (Å²) in [6.45, 7) is 2.57. The third-order valence-corrected chi connectivity index (χ3v) is 5.57. The van der Waals surface area contributed by atoms with Gasteiger partial charge in [-0.2, -0.15) is 0 Å². The van der Waals surface area contributed by atoms with Crippen molar-refractivity contribution < 1.29 is 9.18 Å². The van der Waals surface area contributed by atoms with Gasteiger partial charge >= 0.3 is 0 Å². The number of carbonyl (C=O) groups is 1. The van der Waals surface area contributed by atoms with Crippen molar-refractivity contribution >= 4 is 23.2 Å². The number of amides is 1. The van der Waals surface area contributed by atoms with E-state index in [4.69, 9.17) is 11.6 Å². The number of benzene rings is 2. The summed E-state index contributed by atoms with van der Waals surface area (Å²) in [5.74, 6) is -0.00916. The maximum Gasteiger partial charge on any atom is 0.233 e. The lowest BCUT2D eigenvalue weighted by atomic mass is 9.94. The second-order valence-corrected chi connectivity index (χ2v) is 7.26. The van der Waals surface area contributed by atoms with Crippen molar-refractivity contribution in [3.63, 3.8) is 0 Å². The van der Waals surface area contributed by atoms with Crippen LogP contribution < -0.4 is 4.90 Å². The van der Waals surface area contributed by atoms with E-state index in [0.717, 1.165) is 18.4 Å². The second kappa shape index (κ2) is 6.34. The SMILES string of the molecule is O=C(N1CCN(c2ccccc2F)CC1)C1(c2ccc(Cl)cc2)CC1. The number of hydrogen-bond acceptors (Lipinski definition) is 2. The van der Waals surface area contributed by atoms with Crippen molar-refractivity contribution in [1.29, 1.82) is 0 Å². The Morgan fingerprint density at radius 2 is 1.60 bits per heavy atom. The molecular formula is C20H20ClFN2O. The molecule has 0 radical (unpaired) electrons. The number of halogens is 2. The molecule has 1 aliphatic heterocycles. The van der Waals surface area contributed by atoms with Crippen LogP contribution in [0.2, 0.25) is 5.02 Å². The van der Waals surface area contributed by atoms with Crippen LogP contribution >= 0.6 is 11.6 Å². The van der Waals surface area contributed by atoms with Gasteiger partial charge in [0, 0.05) is 31.2 Å². The Morgan fingerprint density at radius 3 is 2.20 bits per heavy atom. The molecule has 2 fully saturated rings. The van der Waals surface area contributed by atoms with E-state index in [1.54, 1.807) is 12.1 Å². The molecule has 5 heteroatoms. The van der Waals surface area contributed by atoms with Gasteiger partial charge in [-0.1, -0.05) is 35.9 Å². The summed E-state index contributed by atoms with van der Waals surface area (Å²) in [5.41, 5.74) is 1.30. The fraction of sp³-hybridized carbons (Fsp3) is 0.350. The molecule has 2 aromatic carbocycles. The molecule has 1 saturated heterocycles. The Balaban J connectivity index is 1.45. The molecule has 0 N–H and O–H groups in total. The summed E-state index contributed by atoms with van der Waals surface area (Å²) >= 11 is 5.97. The van der Waals surface area contributed by atoms with Gasteiger partial charge in [0.2, 0.25) is 5.91 Å². The number of hydrogen-bond donors (Lipinski definition) is 0. The van der Waals surface area contributed by atoms with Crippen molar-refractivity contribution in [1.82, 2.24) is 4.90 Å². The average Bonchev–Trinajstić information content (AvgIpc) is 3.44. The number of carbonyl (C=O) groups excluding carboxylic acids is 1. The fourth-order valence-corrected chi connectivity index (χ4v) is 3.81. The van der Waals surface area contributed by atoms with E-state index < -0.39 is 0 Å². The zero-order valence-corrected chi connectivity index (χ0v) is 14.7. The molecule has 1 saturated carbocycles. The largest absolute Gasteiger partial charge is 0.366 e. The van der Waals surface area contributed by atoms with Gasteiger partial charge in [0.25, 0.3) is 0 Å². The Bertz CT molecular complexity index is 781. The van der Waals surface area contributed by atoms with Crippen molar-refractivity contribution in [3.05, 3.63) is 64.9 Å². The van der Waals surface area contributed by atoms with Crippen molar-refractivity contribution in [2.24, 2.45) is 0 Å². The van der Waals surface area contributed by atoms with E-state index in [2.05, 4.69) is 0 Å². The summed E-state index contributed by atoms with van der Waals surface area (Å²) in [4.78, 5) is 17.0. The molecular weight excluding hydrogens is 339 g/mol. The van der Waals surface area contributed by atoms with Gasteiger partial charge in [0.15, 0.2) is 0 Å². The Kier molecular flexibility index (Phi) is 4.16. The smallest absolute Gasteiger partial charge is 0.233 e. The molecule has 1 aliphatic carbocycles.